The van der Waals surface area contributed by atoms with Crippen molar-refractivity contribution in [3.63, 3.8) is 0 Å². The molecule has 3 heterocycles. The minimum atomic E-state index is 0.00423. The molecule has 0 radical (unpaired) electrons. The van der Waals surface area contributed by atoms with Gasteiger partial charge < -0.3 is 9.80 Å². The lowest BCUT2D eigenvalue weighted by Gasteiger charge is -2.44. The Morgan fingerprint density at radius 1 is 0.578 bits per heavy atom. The van der Waals surface area contributed by atoms with Gasteiger partial charge in [0.15, 0.2) is 0 Å². The highest BCUT2D eigenvalue weighted by Crippen LogP contribution is 2.47. The molecule has 0 N–H and O–H groups in total. The first kappa shape index (κ1) is 26.4. The topological polar surface area (TPSA) is 6.48 Å². The van der Waals surface area contributed by atoms with Crippen molar-refractivity contribution in [1.82, 2.24) is 0 Å². The quantitative estimate of drug-likeness (QED) is 0.194. The molecule has 3 aliphatic rings. The highest BCUT2D eigenvalue weighted by atomic mass is 15.2. The summed E-state index contributed by atoms with van der Waals surface area (Å²) < 4.78 is 0. The van der Waals surface area contributed by atoms with E-state index in [1.54, 1.807) is 0 Å². The molecule has 0 aromatic heterocycles. The normalized spacial score (nSPS) is 14.2. The number of rotatable bonds is 3. The van der Waals surface area contributed by atoms with Crippen LogP contribution in [0, 0.1) is 0 Å². The maximum atomic E-state index is 2.65. The zero-order valence-corrected chi connectivity index (χ0v) is 26.1. The number of fused-ring (bicyclic) bond motifs is 4. The minimum absolute atomic E-state index is 0.00423. The molecule has 0 unspecified atom stereocenters. The summed E-state index contributed by atoms with van der Waals surface area (Å²) >= 11 is 0. The van der Waals surface area contributed by atoms with Gasteiger partial charge in [-0.15, -0.1) is 0 Å². The van der Waals surface area contributed by atoms with Crippen molar-refractivity contribution >= 4 is 51.5 Å². The van der Waals surface area contributed by atoms with Gasteiger partial charge in [-0.2, -0.15) is 0 Å². The molecule has 0 bridgehead atoms. The molecule has 0 atom stereocenters. The summed E-state index contributed by atoms with van der Waals surface area (Å²) in [6.07, 6.45) is 1.05. The van der Waals surface area contributed by atoms with Crippen LogP contribution in [-0.4, -0.2) is 13.3 Å². The fourth-order valence-electron chi connectivity index (χ4n) is 7.94. The van der Waals surface area contributed by atoms with E-state index < -0.39 is 0 Å². The van der Waals surface area contributed by atoms with Gasteiger partial charge in [0.1, 0.15) is 0 Å². The molecular weight excluding hydrogens is 543 g/mol. The average Bonchev–Trinajstić information content (AvgIpc) is 3.53. The Hall–Kier alpha value is -5.02. The van der Waals surface area contributed by atoms with Crippen LogP contribution in [0.5, 0.6) is 0 Å². The van der Waals surface area contributed by atoms with Crippen LogP contribution < -0.4 is 26.2 Å². The van der Waals surface area contributed by atoms with Crippen LogP contribution in [0.15, 0.2) is 133 Å². The van der Waals surface area contributed by atoms with Crippen molar-refractivity contribution in [3.05, 3.63) is 145 Å². The summed E-state index contributed by atoms with van der Waals surface area (Å²) in [4.78, 5) is 5.18. The molecule has 0 amide bonds. The number of hydrogen-bond acceptors (Lipinski definition) is 2. The third-order valence-electron chi connectivity index (χ3n) is 10.1. The second-order valence-electron chi connectivity index (χ2n) is 13.7. The smallest absolute Gasteiger partial charge is 0.252 e. The fourth-order valence-corrected chi connectivity index (χ4v) is 7.94. The summed E-state index contributed by atoms with van der Waals surface area (Å²) in [5.74, 6) is 0. The molecule has 3 aliphatic heterocycles. The van der Waals surface area contributed by atoms with Crippen molar-refractivity contribution in [3.8, 4) is 22.3 Å². The van der Waals surface area contributed by atoms with Crippen LogP contribution in [0.2, 0.25) is 0 Å². The fraction of sp³-hybridized carbons (Fsp3) is 0.143. The van der Waals surface area contributed by atoms with Gasteiger partial charge in [0.25, 0.3) is 6.71 Å². The predicted molar refractivity (Wildman–Crippen MR) is 193 cm³/mol. The zero-order valence-electron chi connectivity index (χ0n) is 26.1. The van der Waals surface area contributed by atoms with Crippen molar-refractivity contribution < 1.29 is 0 Å². The van der Waals surface area contributed by atoms with E-state index in [0.29, 0.717) is 0 Å². The van der Waals surface area contributed by atoms with E-state index in [-0.39, 0.29) is 12.1 Å². The van der Waals surface area contributed by atoms with Gasteiger partial charge in [0.2, 0.25) is 0 Å². The summed E-state index contributed by atoms with van der Waals surface area (Å²) in [5, 5.41) is 0. The SMILES string of the molecule is CC(C)(C)c1cc2c3c(c1)N(c1ccccc1)c1cc(-c4ccccc4)ccc1B3c1ccc(-c3ccccc3)c3c1N2CC3. The van der Waals surface area contributed by atoms with Crippen LogP contribution in [-0.2, 0) is 11.8 Å². The third-order valence-corrected chi connectivity index (χ3v) is 10.1. The highest BCUT2D eigenvalue weighted by Gasteiger charge is 2.46. The first-order chi connectivity index (χ1) is 22.0. The number of hydrogen-bond donors (Lipinski definition) is 0. The lowest BCUT2D eigenvalue weighted by atomic mass is 9.33. The van der Waals surface area contributed by atoms with Crippen LogP contribution >= 0.6 is 0 Å². The first-order valence-electron chi connectivity index (χ1n) is 16.2. The van der Waals surface area contributed by atoms with E-state index in [2.05, 4.69) is 164 Å². The molecule has 2 nitrogen and oxygen atoms in total. The zero-order chi connectivity index (χ0) is 30.3. The van der Waals surface area contributed by atoms with Crippen LogP contribution in [0.1, 0.15) is 31.9 Å². The molecule has 0 aliphatic carbocycles. The van der Waals surface area contributed by atoms with Crippen LogP contribution in [0.4, 0.5) is 28.4 Å². The van der Waals surface area contributed by atoms with Crippen molar-refractivity contribution in [2.45, 2.75) is 32.6 Å². The van der Waals surface area contributed by atoms with E-state index in [9.17, 15) is 0 Å². The molecule has 216 valence electrons. The lowest BCUT2D eigenvalue weighted by molar-refractivity contribution is 0.590. The molecule has 45 heavy (non-hydrogen) atoms. The molecule has 6 aromatic rings. The number of nitrogens with zero attached hydrogens (tertiary/aromatic N) is 2. The van der Waals surface area contributed by atoms with E-state index in [4.69, 9.17) is 0 Å². The third kappa shape index (κ3) is 3.96. The second-order valence-corrected chi connectivity index (χ2v) is 13.7. The average molecular weight is 579 g/mol. The summed E-state index contributed by atoms with van der Waals surface area (Å²) in [7, 11) is 0. The number of benzene rings is 6. The van der Waals surface area contributed by atoms with Crippen molar-refractivity contribution in [2.24, 2.45) is 0 Å². The van der Waals surface area contributed by atoms with Gasteiger partial charge >= 0.3 is 0 Å². The lowest BCUT2D eigenvalue weighted by Crippen LogP contribution is -2.61. The van der Waals surface area contributed by atoms with Gasteiger partial charge in [0.05, 0.1) is 0 Å². The Morgan fingerprint density at radius 3 is 1.93 bits per heavy atom. The largest absolute Gasteiger partial charge is 0.342 e. The summed E-state index contributed by atoms with van der Waals surface area (Å²) in [6, 6.07) is 49.7. The van der Waals surface area contributed by atoms with Gasteiger partial charge in [-0.25, -0.2) is 0 Å². The molecule has 0 saturated carbocycles. The Bertz CT molecular complexity index is 2100. The molecule has 0 spiro atoms. The molecule has 3 heteroatoms. The van der Waals surface area contributed by atoms with Crippen molar-refractivity contribution in [1.29, 1.82) is 0 Å². The maximum absolute atomic E-state index is 2.65. The number of para-hydroxylation sites is 1. The monoisotopic (exact) mass is 578 g/mol. The van der Waals surface area contributed by atoms with E-state index in [0.717, 1.165) is 13.0 Å². The van der Waals surface area contributed by atoms with E-state index in [1.807, 2.05) is 0 Å². The van der Waals surface area contributed by atoms with Crippen LogP contribution in [0.25, 0.3) is 22.3 Å². The van der Waals surface area contributed by atoms with Crippen LogP contribution in [0.3, 0.4) is 0 Å². The second kappa shape index (κ2) is 9.74. The Balaban J connectivity index is 1.37. The summed E-state index contributed by atoms with van der Waals surface area (Å²) in [5.41, 5.74) is 18.8. The predicted octanol–water partition coefficient (Wildman–Crippen LogP) is 8.63. The molecule has 6 aromatic carbocycles. The molecule has 0 fully saturated rings. The molecule has 9 rings (SSSR count). The van der Waals surface area contributed by atoms with Crippen molar-refractivity contribution in [2.75, 3.05) is 16.3 Å². The first-order valence-corrected chi connectivity index (χ1v) is 16.2. The Labute approximate surface area is 266 Å². The van der Waals surface area contributed by atoms with Gasteiger partial charge in [0, 0.05) is 35.0 Å². The standard InChI is InChI=1S/C42H35BN2/c1-42(2,3)31-26-38-40-39(27-31)45(32-17-11-6-12-18-32)37-25-30(28-13-7-4-8-14-28)19-21-35(37)43(40)36-22-20-33(29-15-9-5-10-16-29)34-23-24-44(38)41(34)36/h4-22,25-27H,23-24H2,1-3H3. The Morgan fingerprint density at radius 2 is 1.22 bits per heavy atom. The molecular formula is C42H35BN2. The minimum Gasteiger partial charge on any atom is -0.342 e. The summed E-state index contributed by atoms with van der Waals surface area (Å²) in [6.45, 7) is 8.20. The van der Waals surface area contributed by atoms with Gasteiger partial charge in [-0.1, -0.05) is 124 Å². The van der Waals surface area contributed by atoms with E-state index >= 15 is 0 Å². The maximum Gasteiger partial charge on any atom is 0.252 e. The number of anilines is 5. The van der Waals surface area contributed by atoms with E-state index in [1.165, 1.54) is 78.2 Å². The molecule has 0 saturated heterocycles. The highest BCUT2D eigenvalue weighted by molar-refractivity contribution is 7.00. The van der Waals surface area contributed by atoms with Gasteiger partial charge in [-0.05, 0) is 91.9 Å². The Kier molecular flexibility index (Phi) is 5.71. The van der Waals surface area contributed by atoms with Gasteiger partial charge in [-0.3, -0.25) is 0 Å².